The van der Waals surface area contributed by atoms with Gasteiger partial charge in [0.1, 0.15) is 5.69 Å². The zero-order valence-electron chi connectivity index (χ0n) is 11.7. The van der Waals surface area contributed by atoms with E-state index < -0.39 is 4.92 Å². The van der Waals surface area contributed by atoms with E-state index in [1.54, 1.807) is 13.2 Å². The Kier molecular flexibility index (Phi) is 3.50. The summed E-state index contributed by atoms with van der Waals surface area (Å²) in [5.41, 5.74) is 1.82. The highest BCUT2D eigenvalue weighted by molar-refractivity contribution is 6.00. The van der Waals surface area contributed by atoms with Crippen molar-refractivity contribution < 1.29 is 14.5 Å². The van der Waals surface area contributed by atoms with Gasteiger partial charge in [0.25, 0.3) is 5.69 Å². The van der Waals surface area contributed by atoms with Gasteiger partial charge in [-0.15, -0.1) is 0 Å². The summed E-state index contributed by atoms with van der Waals surface area (Å²) in [5, 5.41) is 17.2. The summed E-state index contributed by atoms with van der Waals surface area (Å²) >= 11 is 0. The first-order valence-corrected chi connectivity index (χ1v) is 6.97. The number of amides is 1. The second-order valence-corrected chi connectivity index (χ2v) is 5.52. The van der Waals surface area contributed by atoms with E-state index in [1.165, 1.54) is 6.07 Å². The van der Waals surface area contributed by atoms with Gasteiger partial charge in [0, 0.05) is 24.9 Å². The largest absolute Gasteiger partial charge is 0.381 e. The number of anilines is 2. The first-order valence-electron chi connectivity index (χ1n) is 6.97. The number of carbonyl (C=O) groups excluding carboxylic acids is 1. The lowest BCUT2D eigenvalue weighted by molar-refractivity contribution is -0.384. The number of fused-ring (bicyclic) bond motifs is 1. The Balaban J connectivity index is 1.85. The summed E-state index contributed by atoms with van der Waals surface area (Å²) in [7, 11) is 1.68. The van der Waals surface area contributed by atoms with Crippen LogP contribution in [0, 0.1) is 10.1 Å². The normalized spacial score (nSPS) is 23.8. The van der Waals surface area contributed by atoms with E-state index in [9.17, 15) is 14.9 Å². The van der Waals surface area contributed by atoms with E-state index in [4.69, 9.17) is 4.74 Å². The molecule has 1 amide bonds. The number of rotatable bonds is 4. The van der Waals surface area contributed by atoms with E-state index in [-0.39, 0.29) is 30.2 Å². The molecule has 1 saturated carbocycles. The lowest BCUT2D eigenvalue weighted by Crippen LogP contribution is -2.18. The quantitative estimate of drug-likeness (QED) is 0.654. The maximum absolute atomic E-state index is 11.4. The fraction of sp³-hybridized carbons (Fsp3) is 0.500. The van der Waals surface area contributed by atoms with E-state index in [0.717, 1.165) is 19.3 Å². The minimum Gasteiger partial charge on any atom is -0.381 e. The average Bonchev–Trinajstić information content (AvgIpc) is 3.02. The molecule has 1 heterocycles. The van der Waals surface area contributed by atoms with E-state index in [0.29, 0.717) is 16.9 Å². The molecule has 0 spiro atoms. The minimum absolute atomic E-state index is 0.0196. The van der Waals surface area contributed by atoms with Crippen LogP contribution in [0.25, 0.3) is 0 Å². The molecule has 2 unspecified atom stereocenters. The summed E-state index contributed by atoms with van der Waals surface area (Å²) in [4.78, 5) is 22.2. The smallest absolute Gasteiger partial charge is 0.292 e. The number of nitrogens with one attached hydrogen (secondary N) is 2. The van der Waals surface area contributed by atoms with Crippen LogP contribution in [0.2, 0.25) is 0 Å². The van der Waals surface area contributed by atoms with Crippen molar-refractivity contribution in [2.75, 3.05) is 17.7 Å². The average molecular weight is 291 g/mol. The third kappa shape index (κ3) is 2.69. The van der Waals surface area contributed by atoms with Crippen LogP contribution in [0.4, 0.5) is 17.1 Å². The van der Waals surface area contributed by atoms with Gasteiger partial charge in [0.2, 0.25) is 5.91 Å². The molecule has 2 atom stereocenters. The molecule has 0 aromatic heterocycles. The van der Waals surface area contributed by atoms with Crippen LogP contribution in [-0.4, -0.2) is 30.1 Å². The fourth-order valence-electron chi connectivity index (χ4n) is 3.03. The maximum Gasteiger partial charge on any atom is 0.292 e. The van der Waals surface area contributed by atoms with Gasteiger partial charge in [0.15, 0.2) is 0 Å². The van der Waals surface area contributed by atoms with E-state index >= 15 is 0 Å². The monoisotopic (exact) mass is 291 g/mol. The number of hydrogen-bond donors (Lipinski definition) is 2. The van der Waals surface area contributed by atoms with Crippen LogP contribution >= 0.6 is 0 Å². The second-order valence-electron chi connectivity index (χ2n) is 5.52. The predicted octanol–water partition coefficient (Wildman–Crippen LogP) is 2.07. The molecular weight excluding hydrogens is 274 g/mol. The number of nitro benzene ring substituents is 1. The lowest BCUT2D eigenvalue weighted by Gasteiger charge is -2.15. The minimum atomic E-state index is -0.409. The van der Waals surface area contributed by atoms with Gasteiger partial charge in [-0.1, -0.05) is 0 Å². The number of hydrogen-bond acceptors (Lipinski definition) is 5. The van der Waals surface area contributed by atoms with Gasteiger partial charge in [-0.3, -0.25) is 14.9 Å². The molecule has 0 saturated heterocycles. The zero-order valence-corrected chi connectivity index (χ0v) is 11.7. The molecule has 1 aromatic carbocycles. The number of nitro groups is 1. The third-order valence-corrected chi connectivity index (χ3v) is 4.12. The summed E-state index contributed by atoms with van der Waals surface area (Å²) in [6, 6.07) is 3.31. The molecule has 112 valence electrons. The van der Waals surface area contributed by atoms with Gasteiger partial charge in [-0.05, 0) is 30.9 Å². The topological polar surface area (TPSA) is 93.5 Å². The van der Waals surface area contributed by atoms with E-state index in [1.807, 2.05) is 0 Å². The highest BCUT2D eigenvalue weighted by atomic mass is 16.6. The Labute approximate surface area is 121 Å². The van der Waals surface area contributed by atoms with Crippen molar-refractivity contribution in [3.63, 3.8) is 0 Å². The molecule has 2 N–H and O–H groups in total. The maximum atomic E-state index is 11.4. The number of carbonyl (C=O) groups is 1. The Bertz CT molecular complexity index is 602. The third-order valence-electron chi connectivity index (χ3n) is 4.12. The number of methoxy groups -OCH3 is 1. The van der Waals surface area contributed by atoms with Gasteiger partial charge in [-0.25, -0.2) is 0 Å². The standard InChI is InChI=1S/C14H17N3O4/c1-21-10-3-2-9(6-10)15-12-7-11-8(5-14(18)16-11)4-13(12)17(19)20/h4,7,9-10,15H,2-3,5-6H2,1H3,(H,16,18). The van der Waals surface area contributed by atoms with Gasteiger partial charge in [0.05, 0.1) is 17.4 Å². The van der Waals surface area contributed by atoms with Crippen molar-refractivity contribution >= 4 is 23.0 Å². The van der Waals surface area contributed by atoms with Crippen LogP contribution in [0.15, 0.2) is 12.1 Å². The summed E-state index contributed by atoms with van der Waals surface area (Å²) in [6.07, 6.45) is 3.10. The van der Waals surface area contributed by atoms with Crippen molar-refractivity contribution in [2.45, 2.75) is 37.8 Å². The Morgan fingerprint density at radius 2 is 2.24 bits per heavy atom. The second kappa shape index (κ2) is 5.33. The van der Waals surface area contributed by atoms with Crippen molar-refractivity contribution in [3.8, 4) is 0 Å². The zero-order chi connectivity index (χ0) is 15.0. The van der Waals surface area contributed by atoms with Crippen molar-refractivity contribution in [1.82, 2.24) is 0 Å². The van der Waals surface area contributed by atoms with Gasteiger partial charge in [-0.2, -0.15) is 0 Å². The molecule has 1 aromatic rings. The molecule has 21 heavy (non-hydrogen) atoms. The molecule has 1 aliphatic heterocycles. The van der Waals surface area contributed by atoms with Crippen LogP contribution in [0.3, 0.4) is 0 Å². The number of benzene rings is 1. The molecule has 1 aliphatic carbocycles. The Morgan fingerprint density at radius 1 is 1.43 bits per heavy atom. The molecule has 7 heteroatoms. The molecule has 1 fully saturated rings. The first kappa shape index (κ1) is 13.8. The summed E-state index contributed by atoms with van der Waals surface area (Å²) in [5.74, 6) is -0.128. The first-order chi connectivity index (χ1) is 10.1. The van der Waals surface area contributed by atoms with Crippen LogP contribution < -0.4 is 10.6 Å². The van der Waals surface area contributed by atoms with Crippen molar-refractivity contribution in [1.29, 1.82) is 0 Å². The molecule has 7 nitrogen and oxygen atoms in total. The summed E-state index contributed by atoms with van der Waals surface area (Å²) < 4.78 is 5.31. The highest BCUT2D eigenvalue weighted by Gasteiger charge is 2.29. The van der Waals surface area contributed by atoms with Gasteiger partial charge >= 0.3 is 0 Å². The van der Waals surface area contributed by atoms with Crippen LogP contribution in [0.1, 0.15) is 24.8 Å². The number of nitrogens with zero attached hydrogens (tertiary/aromatic N) is 1. The molecule has 3 rings (SSSR count). The van der Waals surface area contributed by atoms with Crippen molar-refractivity contribution in [3.05, 3.63) is 27.8 Å². The van der Waals surface area contributed by atoms with Crippen molar-refractivity contribution in [2.24, 2.45) is 0 Å². The van der Waals surface area contributed by atoms with Crippen LogP contribution in [-0.2, 0) is 16.0 Å². The Morgan fingerprint density at radius 3 is 2.90 bits per heavy atom. The molecule has 2 aliphatic rings. The summed E-state index contributed by atoms with van der Waals surface area (Å²) in [6.45, 7) is 0. The molecule has 0 radical (unpaired) electrons. The van der Waals surface area contributed by atoms with E-state index in [2.05, 4.69) is 10.6 Å². The predicted molar refractivity (Wildman–Crippen MR) is 77.5 cm³/mol. The highest BCUT2D eigenvalue weighted by Crippen LogP contribution is 2.36. The van der Waals surface area contributed by atoms with Crippen LogP contribution in [0.5, 0.6) is 0 Å². The molecule has 0 bridgehead atoms. The lowest BCUT2D eigenvalue weighted by atomic mass is 10.1. The number of ether oxygens (including phenoxy) is 1. The SMILES string of the molecule is COC1CCC(Nc2cc3c(cc2[N+](=O)[O-])CC(=O)N3)C1. The fourth-order valence-corrected chi connectivity index (χ4v) is 3.03. The van der Waals surface area contributed by atoms with Gasteiger partial charge < -0.3 is 15.4 Å². The molecular formula is C14H17N3O4. The Hall–Kier alpha value is -2.15.